The Hall–Kier alpha value is -2.54. The largest absolute Gasteiger partial charge is 0.309 e. The quantitative estimate of drug-likeness (QED) is 0.688. The summed E-state index contributed by atoms with van der Waals surface area (Å²) < 4.78 is 0. The molecular weight excluding hydrogens is 284 g/mol. The molecule has 1 N–H and O–H groups in total. The molecule has 0 aliphatic rings. The zero-order valence-electron chi connectivity index (χ0n) is 10.1. The fraction of sp³-hybridized carbons (Fsp3) is 0.0833. The van der Waals surface area contributed by atoms with Gasteiger partial charge in [-0.1, -0.05) is 23.7 Å². The van der Waals surface area contributed by atoms with Gasteiger partial charge < -0.3 is 5.32 Å². The van der Waals surface area contributed by atoms with Gasteiger partial charge in [-0.05, 0) is 5.56 Å². The summed E-state index contributed by atoms with van der Waals surface area (Å²) in [5.41, 5.74) is 0.646. The maximum Gasteiger partial charge on any atom is 0.269 e. The van der Waals surface area contributed by atoms with Crippen molar-refractivity contribution in [1.29, 1.82) is 0 Å². The summed E-state index contributed by atoms with van der Waals surface area (Å²) in [5, 5.41) is 13.3. The van der Waals surface area contributed by atoms with Crippen LogP contribution >= 0.6 is 11.6 Å². The number of amides is 1. The van der Waals surface area contributed by atoms with Crippen molar-refractivity contribution in [3.8, 4) is 0 Å². The van der Waals surface area contributed by atoms with Gasteiger partial charge in [0, 0.05) is 12.1 Å². The Morgan fingerprint density at radius 2 is 1.95 bits per heavy atom. The fourth-order valence-electron chi connectivity index (χ4n) is 1.48. The van der Waals surface area contributed by atoms with E-state index in [2.05, 4.69) is 15.3 Å². The van der Waals surface area contributed by atoms with Gasteiger partial charge in [-0.2, -0.15) is 0 Å². The summed E-state index contributed by atoms with van der Waals surface area (Å²) in [6.45, 7) is 0. The Bertz CT molecular complexity index is 628. The van der Waals surface area contributed by atoms with E-state index in [1.165, 1.54) is 36.7 Å². The van der Waals surface area contributed by atoms with Gasteiger partial charge in [-0.25, -0.2) is 9.97 Å². The summed E-state index contributed by atoms with van der Waals surface area (Å²) in [5.74, 6) is -0.00297. The molecule has 1 heterocycles. The van der Waals surface area contributed by atoms with E-state index in [9.17, 15) is 14.9 Å². The third-order valence-corrected chi connectivity index (χ3v) is 2.59. The van der Waals surface area contributed by atoms with Gasteiger partial charge in [-0.15, -0.1) is 0 Å². The van der Waals surface area contributed by atoms with Crippen molar-refractivity contribution in [1.82, 2.24) is 9.97 Å². The molecule has 0 aliphatic heterocycles. The Labute approximate surface area is 118 Å². The normalized spacial score (nSPS) is 10.1. The lowest BCUT2D eigenvalue weighted by Crippen LogP contribution is -2.15. The third kappa shape index (κ3) is 3.72. The number of rotatable bonds is 4. The summed E-state index contributed by atoms with van der Waals surface area (Å²) in [7, 11) is 0. The van der Waals surface area contributed by atoms with E-state index in [0.29, 0.717) is 11.4 Å². The second-order valence-electron chi connectivity index (χ2n) is 3.87. The van der Waals surface area contributed by atoms with E-state index in [4.69, 9.17) is 11.6 Å². The van der Waals surface area contributed by atoms with Crippen LogP contribution in [0.15, 0.2) is 36.7 Å². The molecule has 8 heteroatoms. The SMILES string of the molecule is O=C(Cc1ccc([N+](=O)[O-])cc1)Nc1cnc(Cl)cn1. The first-order valence-electron chi connectivity index (χ1n) is 5.55. The molecule has 0 saturated carbocycles. The van der Waals surface area contributed by atoms with E-state index in [1.807, 2.05) is 0 Å². The monoisotopic (exact) mass is 292 g/mol. The van der Waals surface area contributed by atoms with Crippen LogP contribution in [0.2, 0.25) is 5.15 Å². The van der Waals surface area contributed by atoms with Gasteiger partial charge in [0.25, 0.3) is 5.69 Å². The molecule has 0 atom stereocenters. The van der Waals surface area contributed by atoms with Crippen molar-refractivity contribution in [2.24, 2.45) is 0 Å². The van der Waals surface area contributed by atoms with E-state index in [-0.39, 0.29) is 23.2 Å². The van der Waals surface area contributed by atoms with Crippen LogP contribution in [0.3, 0.4) is 0 Å². The molecule has 20 heavy (non-hydrogen) atoms. The molecule has 0 radical (unpaired) electrons. The van der Waals surface area contributed by atoms with Gasteiger partial charge >= 0.3 is 0 Å². The maximum atomic E-state index is 11.7. The maximum absolute atomic E-state index is 11.7. The average Bonchev–Trinajstić information content (AvgIpc) is 2.42. The van der Waals surface area contributed by atoms with Crippen LogP contribution in [-0.4, -0.2) is 20.8 Å². The zero-order chi connectivity index (χ0) is 14.5. The van der Waals surface area contributed by atoms with Gasteiger partial charge in [0.15, 0.2) is 5.82 Å². The summed E-state index contributed by atoms with van der Waals surface area (Å²) in [6, 6.07) is 5.77. The molecule has 2 aromatic rings. The third-order valence-electron chi connectivity index (χ3n) is 2.40. The van der Waals surface area contributed by atoms with Crippen molar-refractivity contribution in [3.63, 3.8) is 0 Å². The average molecular weight is 293 g/mol. The number of carbonyl (C=O) groups is 1. The highest BCUT2D eigenvalue weighted by Crippen LogP contribution is 2.13. The number of halogens is 1. The van der Waals surface area contributed by atoms with E-state index < -0.39 is 4.92 Å². The number of hydrogen-bond acceptors (Lipinski definition) is 5. The molecule has 0 aliphatic carbocycles. The number of anilines is 1. The van der Waals surface area contributed by atoms with E-state index in [1.54, 1.807) is 0 Å². The molecule has 0 unspecified atom stereocenters. The minimum Gasteiger partial charge on any atom is -0.309 e. The highest BCUT2D eigenvalue weighted by molar-refractivity contribution is 6.29. The minimum absolute atomic E-state index is 0.0160. The van der Waals surface area contributed by atoms with Gasteiger partial charge in [0.05, 0.1) is 23.7 Å². The summed E-state index contributed by atoms with van der Waals surface area (Å²) in [4.78, 5) is 29.4. The van der Waals surface area contributed by atoms with Gasteiger partial charge in [-0.3, -0.25) is 14.9 Å². The first kappa shape index (κ1) is 13.9. The van der Waals surface area contributed by atoms with Crippen LogP contribution in [0.1, 0.15) is 5.56 Å². The Morgan fingerprint density at radius 3 is 2.50 bits per heavy atom. The van der Waals surface area contributed by atoms with Crippen molar-refractivity contribution >= 4 is 29.0 Å². The molecular formula is C12H9ClN4O3. The number of nitro benzene ring substituents is 1. The first-order valence-corrected chi connectivity index (χ1v) is 5.93. The Morgan fingerprint density at radius 1 is 1.25 bits per heavy atom. The standard InChI is InChI=1S/C12H9ClN4O3/c13-10-6-15-11(7-14-10)16-12(18)5-8-1-3-9(4-2-8)17(19)20/h1-4,6-7H,5H2,(H,15,16,18). The zero-order valence-corrected chi connectivity index (χ0v) is 10.9. The molecule has 2 rings (SSSR count). The van der Waals surface area contributed by atoms with E-state index in [0.717, 1.165) is 0 Å². The first-order chi connectivity index (χ1) is 9.54. The number of nitrogens with one attached hydrogen (secondary N) is 1. The molecule has 1 aromatic carbocycles. The van der Waals surface area contributed by atoms with Crippen molar-refractivity contribution in [3.05, 3.63) is 57.5 Å². The number of non-ortho nitro benzene ring substituents is 1. The molecule has 0 spiro atoms. The van der Waals surface area contributed by atoms with Crippen molar-refractivity contribution < 1.29 is 9.72 Å². The molecule has 102 valence electrons. The van der Waals surface area contributed by atoms with Crippen LogP contribution < -0.4 is 5.32 Å². The van der Waals surface area contributed by atoms with Crippen LogP contribution in [0.25, 0.3) is 0 Å². The fourth-order valence-corrected chi connectivity index (χ4v) is 1.58. The predicted octanol–water partition coefficient (Wildman–Crippen LogP) is 2.22. The molecule has 0 saturated heterocycles. The van der Waals surface area contributed by atoms with Crippen LogP contribution in [-0.2, 0) is 11.2 Å². The number of nitro groups is 1. The minimum atomic E-state index is -0.493. The molecule has 7 nitrogen and oxygen atoms in total. The van der Waals surface area contributed by atoms with Crippen molar-refractivity contribution in [2.45, 2.75) is 6.42 Å². The van der Waals surface area contributed by atoms with Gasteiger partial charge in [0.1, 0.15) is 5.15 Å². The summed E-state index contributed by atoms with van der Waals surface area (Å²) >= 11 is 5.58. The number of aromatic nitrogens is 2. The summed E-state index contributed by atoms with van der Waals surface area (Å²) in [6.07, 6.45) is 2.75. The molecule has 0 fully saturated rings. The highest BCUT2D eigenvalue weighted by Gasteiger charge is 2.08. The second-order valence-corrected chi connectivity index (χ2v) is 4.26. The number of carbonyl (C=O) groups excluding carboxylic acids is 1. The van der Waals surface area contributed by atoms with E-state index >= 15 is 0 Å². The lowest BCUT2D eigenvalue weighted by molar-refractivity contribution is -0.384. The Balaban J connectivity index is 1.97. The predicted molar refractivity (Wildman–Crippen MR) is 72.5 cm³/mol. The van der Waals surface area contributed by atoms with Crippen LogP contribution in [0, 0.1) is 10.1 Å². The van der Waals surface area contributed by atoms with Crippen LogP contribution in [0.4, 0.5) is 11.5 Å². The smallest absolute Gasteiger partial charge is 0.269 e. The number of hydrogen-bond donors (Lipinski definition) is 1. The lowest BCUT2D eigenvalue weighted by Gasteiger charge is -2.04. The molecule has 1 amide bonds. The van der Waals surface area contributed by atoms with Crippen molar-refractivity contribution in [2.75, 3.05) is 5.32 Å². The topological polar surface area (TPSA) is 98.0 Å². The number of nitrogens with zero attached hydrogens (tertiary/aromatic N) is 3. The Kier molecular flexibility index (Phi) is 4.21. The van der Waals surface area contributed by atoms with Gasteiger partial charge in [0.2, 0.25) is 5.91 Å². The highest BCUT2D eigenvalue weighted by atomic mass is 35.5. The lowest BCUT2D eigenvalue weighted by atomic mass is 10.1. The molecule has 1 aromatic heterocycles. The number of benzene rings is 1. The van der Waals surface area contributed by atoms with Crippen LogP contribution in [0.5, 0.6) is 0 Å². The molecule has 0 bridgehead atoms. The second kappa shape index (κ2) is 6.07.